The van der Waals surface area contributed by atoms with Gasteiger partial charge in [0, 0.05) is 13.1 Å². The van der Waals surface area contributed by atoms with Gasteiger partial charge in [-0.05, 0) is 57.2 Å². The molecular weight excluding hydrogens is 297 g/mol. The van der Waals surface area contributed by atoms with Gasteiger partial charge in [0.1, 0.15) is 0 Å². The van der Waals surface area contributed by atoms with Crippen molar-refractivity contribution in [3.05, 3.63) is 0 Å². The van der Waals surface area contributed by atoms with Gasteiger partial charge < -0.3 is 15.5 Å². The second kappa shape index (κ2) is 10.7. The molecule has 2 aliphatic rings. The molecule has 2 N–H and O–H groups in total. The summed E-state index contributed by atoms with van der Waals surface area (Å²) in [6.45, 7) is 7.99. The summed E-state index contributed by atoms with van der Waals surface area (Å²) in [4.78, 5) is 14.0. The lowest BCUT2D eigenvalue weighted by atomic mass is 9.99. The first-order valence-corrected chi connectivity index (χ1v) is 7.44. The van der Waals surface area contributed by atoms with Gasteiger partial charge in [0.05, 0.1) is 6.54 Å². The normalized spacial score (nSPS) is 19.9. The standard InChI is InChI=1S/C14H27N3O.2ClH/c1-12-4-7-17(8-5-12)9-6-16-14(18)11-15-10-13-2-3-13;;/h12-13,15H,2-11H2,1H3,(H,16,18);2*1H. The molecule has 0 radical (unpaired) electrons. The van der Waals surface area contributed by atoms with Gasteiger partial charge in [-0.15, -0.1) is 24.8 Å². The molecule has 0 aromatic carbocycles. The average molecular weight is 326 g/mol. The predicted molar refractivity (Wildman–Crippen MR) is 87.9 cm³/mol. The maximum absolute atomic E-state index is 11.5. The maximum atomic E-state index is 11.5. The van der Waals surface area contributed by atoms with E-state index in [1.807, 2.05) is 0 Å². The molecule has 2 rings (SSSR count). The Balaban J connectivity index is 0.00000180. The fraction of sp³-hybridized carbons (Fsp3) is 0.929. The highest BCUT2D eigenvalue weighted by Crippen LogP contribution is 2.27. The van der Waals surface area contributed by atoms with E-state index in [1.54, 1.807) is 0 Å². The Hall–Kier alpha value is -0.0300. The van der Waals surface area contributed by atoms with Gasteiger partial charge in [-0.1, -0.05) is 6.92 Å². The zero-order chi connectivity index (χ0) is 12.8. The summed E-state index contributed by atoms with van der Waals surface area (Å²) in [6.07, 6.45) is 5.28. The Morgan fingerprint density at radius 3 is 2.40 bits per heavy atom. The van der Waals surface area contributed by atoms with Crippen LogP contribution in [-0.2, 0) is 4.79 Å². The molecule has 0 unspecified atom stereocenters. The highest BCUT2D eigenvalue weighted by atomic mass is 35.5. The molecule has 1 amide bonds. The number of carbonyl (C=O) groups is 1. The highest BCUT2D eigenvalue weighted by Gasteiger charge is 2.20. The van der Waals surface area contributed by atoms with Crippen LogP contribution in [0.15, 0.2) is 0 Å². The van der Waals surface area contributed by atoms with Crippen LogP contribution in [0.4, 0.5) is 0 Å². The molecule has 0 aromatic heterocycles. The Morgan fingerprint density at radius 1 is 1.15 bits per heavy atom. The van der Waals surface area contributed by atoms with Crippen molar-refractivity contribution in [2.24, 2.45) is 11.8 Å². The van der Waals surface area contributed by atoms with Crippen LogP contribution in [0.3, 0.4) is 0 Å². The molecule has 20 heavy (non-hydrogen) atoms. The van der Waals surface area contributed by atoms with Crippen LogP contribution in [0, 0.1) is 11.8 Å². The number of hydrogen-bond donors (Lipinski definition) is 2. The minimum atomic E-state index is 0. The van der Waals surface area contributed by atoms with E-state index < -0.39 is 0 Å². The number of nitrogens with one attached hydrogen (secondary N) is 2. The van der Waals surface area contributed by atoms with Crippen LogP contribution in [0.5, 0.6) is 0 Å². The van der Waals surface area contributed by atoms with Crippen molar-refractivity contribution in [3.8, 4) is 0 Å². The van der Waals surface area contributed by atoms with E-state index in [1.165, 1.54) is 38.8 Å². The largest absolute Gasteiger partial charge is 0.354 e. The lowest BCUT2D eigenvalue weighted by Gasteiger charge is -2.30. The minimum absolute atomic E-state index is 0. The molecule has 0 spiro atoms. The van der Waals surface area contributed by atoms with E-state index >= 15 is 0 Å². The zero-order valence-corrected chi connectivity index (χ0v) is 14.0. The minimum Gasteiger partial charge on any atom is -0.354 e. The fourth-order valence-corrected chi connectivity index (χ4v) is 2.41. The number of amides is 1. The molecule has 1 heterocycles. The van der Waals surface area contributed by atoms with Gasteiger partial charge in [0.25, 0.3) is 0 Å². The number of nitrogens with zero attached hydrogens (tertiary/aromatic N) is 1. The van der Waals surface area contributed by atoms with Crippen molar-refractivity contribution >= 4 is 30.7 Å². The maximum Gasteiger partial charge on any atom is 0.234 e. The molecule has 6 heteroatoms. The van der Waals surface area contributed by atoms with Crippen LogP contribution in [0.25, 0.3) is 0 Å². The molecule has 1 aliphatic heterocycles. The van der Waals surface area contributed by atoms with E-state index in [0.29, 0.717) is 6.54 Å². The lowest BCUT2D eigenvalue weighted by Crippen LogP contribution is -2.41. The Bertz CT molecular complexity index is 267. The van der Waals surface area contributed by atoms with Crippen molar-refractivity contribution in [2.45, 2.75) is 32.6 Å². The second-order valence-corrected chi connectivity index (χ2v) is 5.95. The summed E-state index contributed by atoms with van der Waals surface area (Å²) in [5.74, 6) is 1.86. The van der Waals surface area contributed by atoms with Crippen molar-refractivity contribution < 1.29 is 4.79 Å². The smallest absolute Gasteiger partial charge is 0.234 e. The van der Waals surface area contributed by atoms with Gasteiger partial charge >= 0.3 is 0 Å². The van der Waals surface area contributed by atoms with E-state index in [-0.39, 0.29) is 30.7 Å². The number of piperidine rings is 1. The van der Waals surface area contributed by atoms with Gasteiger partial charge in [0.2, 0.25) is 5.91 Å². The third-order valence-corrected chi connectivity index (χ3v) is 4.04. The number of carbonyl (C=O) groups excluding carboxylic acids is 1. The first kappa shape index (κ1) is 20.0. The average Bonchev–Trinajstić information content (AvgIpc) is 3.16. The molecule has 2 fully saturated rings. The SMILES string of the molecule is CC1CCN(CCNC(=O)CNCC2CC2)CC1.Cl.Cl. The van der Waals surface area contributed by atoms with Crippen molar-refractivity contribution in [1.29, 1.82) is 0 Å². The van der Waals surface area contributed by atoms with Gasteiger partial charge in [-0.25, -0.2) is 0 Å². The number of rotatable bonds is 7. The van der Waals surface area contributed by atoms with Crippen molar-refractivity contribution in [1.82, 2.24) is 15.5 Å². The van der Waals surface area contributed by atoms with E-state index in [0.717, 1.165) is 31.5 Å². The van der Waals surface area contributed by atoms with Gasteiger partial charge in [-0.2, -0.15) is 0 Å². The zero-order valence-electron chi connectivity index (χ0n) is 12.4. The molecule has 4 nitrogen and oxygen atoms in total. The highest BCUT2D eigenvalue weighted by molar-refractivity contribution is 5.85. The first-order chi connectivity index (χ1) is 8.74. The lowest BCUT2D eigenvalue weighted by molar-refractivity contribution is -0.120. The first-order valence-electron chi connectivity index (χ1n) is 7.44. The summed E-state index contributed by atoms with van der Waals surface area (Å²) >= 11 is 0. The molecule has 1 saturated heterocycles. The van der Waals surface area contributed by atoms with Crippen LogP contribution in [0.1, 0.15) is 32.6 Å². The summed E-state index contributed by atoms with van der Waals surface area (Å²) < 4.78 is 0. The van der Waals surface area contributed by atoms with Crippen molar-refractivity contribution in [2.75, 3.05) is 39.3 Å². The monoisotopic (exact) mass is 325 g/mol. The summed E-state index contributed by atoms with van der Waals surface area (Å²) in [7, 11) is 0. The van der Waals surface area contributed by atoms with Crippen LogP contribution in [0.2, 0.25) is 0 Å². The quantitative estimate of drug-likeness (QED) is 0.748. The van der Waals surface area contributed by atoms with Gasteiger partial charge in [-0.3, -0.25) is 4.79 Å². The third kappa shape index (κ3) is 8.30. The number of likely N-dealkylation sites (tertiary alicyclic amines) is 1. The van der Waals surface area contributed by atoms with E-state index in [9.17, 15) is 4.79 Å². The van der Waals surface area contributed by atoms with E-state index in [4.69, 9.17) is 0 Å². The molecule has 120 valence electrons. The topological polar surface area (TPSA) is 44.4 Å². The summed E-state index contributed by atoms with van der Waals surface area (Å²) in [5, 5.41) is 6.21. The predicted octanol–water partition coefficient (Wildman–Crippen LogP) is 1.68. The Kier molecular flexibility index (Phi) is 10.6. The number of halogens is 2. The second-order valence-electron chi connectivity index (χ2n) is 5.95. The summed E-state index contributed by atoms with van der Waals surface area (Å²) in [6, 6.07) is 0. The van der Waals surface area contributed by atoms with Gasteiger partial charge in [0.15, 0.2) is 0 Å². The molecule has 1 aliphatic carbocycles. The molecule has 0 bridgehead atoms. The molecule has 0 aromatic rings. The summed E-state index contributed by atoms with van der Waals surface area (Å²) in [5.41, 5.74) is 0. The number of hydrogen-bond acceptors (Lipinski definition) is 3. The van der Waals surface area contributed by atoms with Crippen LogP contribution >= 0.6 is 24.8 Å². The molecule has 1 saturated carbocycles. The van der Waals surface area contributed by atoms with Crippen LogP contribution < -0.4 is 10.6 Å². The molecular formula is C14H29Cl2N3O. The van der Waals surface area contributed by atoms with Crippen LogP contribution in [-0.4, -0.2) is 50.1 Å². The fourth-order valence-electron chi connectivity index (χ4n) is 2.41. The Labute approximate surface area is 135 Å². The Morgan fingerprint density at radius 2 is 1.80 bits per heavy atom. The third-order valence-electron chi connectivity index (χ3n) is 4.04. The van der Waals surface area contributed by atoms with E-state index in [2.05, 4.69) is 22.5 Å². The van der Waals surface area contributed by atoms with Crippen molar-refractivity contribution in [3.63, 3.8) is 0 Å². The molecule has 0 atom stereocenters.